The van der Waals surface area contributed by atoms with Crippen molar-refractivity contribution < 1.29 is 4.79 Å². The van der Waals surface area contributed by atoms with Crippen LogP contribution in [0.25, 0.3) is 22.2 Å². The van der Waals surface area contributed by atoms with Crippen LogP contribution >= 0.6 is 0 Å². The van der Waals surface area contributed by atoms with Crippen LogP contribution in [-0.4, -0.2) is 27.1 Å². The number of carbonyl (C=O) groups excluding carboxylic acids is 1. The van der Waals surface area contributed by atoms with Crippen molar-refractivity contribution in [1.29, 1.82) is 0 Å². The molecule has 132 valence electrons. The molecule has 0 saturated carbocycles. The van der Waals surface area contributed by atoms with Crippen LogP contribution in [0, 0.1) is 0 Å². The lowest BCUT2D eigenvalue weighted by Gasteiger charge is -2.03. The molecule has 7 heteroatoms. The van der Waals surface area contributed by atoms with Gasteiger partial charge < -0.3 is 9.97 Å². The summed E-state index contributed by atoms with van der Waals surface area (Å²) in [6, 6.07) is 18.5. The number of amides is 1. The quantitative estimate of drug-likeness (QED) is 0.386. The summed E-state index contributed by atoms with van der Waals surface area (Å²) < 4.78 is 0. The molecule has 1 amide bonds. The molecule has 7 nitrogen and oxygen atoms in total. The summed E-state index contributed by atoms with van der Waals surface area (Å²) in [5.41, 5.74) is 4.92. The van der Waals surface area contributed by atoms with Gasteiger partial charge in [-0.15, -0.1) is 0 Å². The van der Waals surface area contributed by atoms with Gasteiger partial charge in [0, 0.05) is 28.2 Å². The Hall–Kier alpha value is -4.00. The van der Waals surface area contributed by atoms with Gasteiger partial charge in [-0.2, -0.15) is 10.1 Å². The first-order chi connectivity index (χ1) is 13.2. The highest BCUT2D eigenvalue weighted by Gasteiger charge is 2.10. The Bertz CT molecular complexity index is 1190. The van der Waals surface area contributed by atoms with Gasteiger partial charge in [0.25, 0.3) is 5.91 Å². The predicted octanol–water partition coefficient (Wildman–Crippen LogP) is 2.68. The molecule has 0 radical (unpaired) electrons. The van der Waals surface area contributed by atoms with Gasteiger partial charge >= 0.3 is 5.69 Å². The number of rotatable bonds is 4. The molecule has 0 spiro atoms. The van der Waals surface area contributed by atoms with Gasteiger partial charge in [0.2, 0.25) is 0 Å². The van der Waals surface area contributed by atoms with Crippen molar-refractivity contribution in [2.45, 2.75) is 0 Å². The number of H-pyrrole nitrogens is 2. The van der Waals surface area contributed by atoms with E-state index in [0.717, 1.165) is 22.0 Å². The molecule has 0 aliphatic carbocycles. The summed E-state index contributed by atoms with van der Waals surface area (Å²) in [6.45, 7) is 0. The average molecular weight is 357 g/mol. The maximum atomic E-state index is 12.3. The Balaban J connectivity index is 1.55. The van der Waals surface area contributed by atoms with E-state index in [1.54, 1.807) is 6.21 Å². The lowest BCUT2D eigenvalue weighted by molar-refractivity contribution is 0.0949. The van der Waals surface area contributed by atoms with Gasteiger partial charge in [-0.3, -0.25) is 4.79 Å². The molecule has 27 heavy (non-hydrogen) atoms. The Kier molecular flexibility index (Phi) is 4.32. The molecule has 0 unspecified atom stereocenters. The maximum absolute atomic E-state index is 12.3. The first-order valence-electron chi connectivity index (χ1n) is 8.27. The standard InChI is InChI=1S/C20H15N5O2/c26-19(25-22-12-14-11-21-16-9-5-4-8-15(14)16)18-10-17(23-20(27)24-18)13-6-2-1-3-7-13/h1-12,21H,(H,25,26)(H,23,24,27)/b22-12+. The fraction of sp³-hybridized carbons (Fsp3) is 0. The third-order valence-electron chi connectivity index (χ3n) is 4.05. The molecular weight excluding hydrogens is 342 g/mol. The molecule has 0 aliphatic heterocycles. The SMILES string of the molecule is O=C(N/N=C/c1c[nH]c2ccccc12)c1cc(-c2ccccc2)nc(=O)[nH]1. The molecule has 0 atom stereocenters. The number of para-hydroxylation sites is 1. The Labute approximate surface area is 153 Å². The van der Waals surface area contributed by atoms with Gasteiger partial charge in [0.15, 0.2) is 0 Å². The van der Waals surface area contributed by atoms with Crippen LogP contribution in [0.4, 0.5) is 0 Å². The highest BCUT2D eigenvalue weighted by atomic mass is 16.2. The van der Waals surface area contributed by atoms with Crippen molar-refractivity contribution in [1.82, 2.24) is 20.4 Å². The smallest absolute Gasteiger partial charge is 0.346 e. The molecule has 0 fully saturated rings. The van der Waals surface area contributed by atoms with Crippen LogP contribution in [0.1, 0.15) is 16.1 Å². The van der Waals surface area contributed by atoms with Crippen molar-refractivity contribution in [3.63, 3.8) is 0 Å². The van der Waals surface area contributed by atoms with E-state index < -0.39 is 11.6 Å². The zero-order valence-corrected chi connectivity index (χ0v) is 14.1. The second-order valence-electron chi connectivity index (χ2n) is 5.84. The van der Waals surface area contributed by atoms with Crippen molar-refractivity contribution >= 4 is 23.0 Å². The largest absolute Gasteiger partial charge is 0.361 e. The number of carbonyl (C=O) groups is 1. The van der Waals surface area contributed by atoms with Crippen LogP contribution < -0.4 is 11.1 Å². The molecule has 2 aromatic heterocycles. The van der Waals surface area contributed by atoms with Crippen molar-refractivity contribution in [2.75, 3.05) is 0 Å². The lowest BCUT2D eigenvalue weighted by Crippen LogP contribution is -2.24. The van der Waals surface area contributed by atoms with Crippen molar-refractivity contribution in [3.05, 3.63) is 88.6 Å². The second kappa shape index (κ2) is 7.09. The van der Waals surface area contributed by atoms with E-state index in [9.17, 15) is 9.59 Å². The summed E-state index contributed by atoms with van der Waals surface area (Å²) in [7, 11) is 0. The number of benzene rings is 2. The monoisotopic (exact) mass is 357 g/mol. The van der Waals surface area contributed by atoms with Gasteiger partial charge in [0.05, 0.1) is 11.9 Å². The first-order valence-corrected chi connectivity index (χ1v) is 8.27. The van der Waals surface area contributed by atoms with Crippen molar-refractivity contribution in [2.24, 2.45) is 5.10 Å². The minimum atomic E-state index is -0.595. The third-order valence-corrected chi connectivity index (χ3v) is 4.05. The van der Waals surface area contributed by atoms with Gasteiger partial charge in [-0.05, 0) is 12.1 Å². The zero-order valence-electron chi connectivity index (χ0n) is 14.1. The number of fused-ring (bicyclic) bond motifs is 1. The van der Waals surface area contributed by atoms with E-state index in [-0.39, 0.29) is 5.69 Å². The van der Waals surface area contributed by atoms with E-state index in [0.29, 0.717) is 5.69 Å². The molecule has 2 aromatic carbocycles. The lowest BCUT2D eigenvalue weighted by atomic mass is 10.1. The van der Waals surface area contributed by atoms with E-state index in [2.05, 4.69) is 25.5 Å². The number of nitrogens with zero attached hydrogens (tertiary/aromatic N) is 2. The third kappa shape index (κ3) is 3.52. The summed E-state index contributed by atoms with van der Waals surface area (Å²) in [6.07, 6.45) is 3.36. The van der Waals surface area contributed by atoms with Gasteiger partial charge in [-0.1, -0.05) is 48.5 Å². The van der Waals surface area contributed by atoms with E-state index >= 15 is 0 Å². The highest BCUT2D eigenvalue weighted by Crippen LogP contribution is 2.16. The molecule has 4 rings (SSSR count). The number of hydrazone groups is 1. The number of aromatic amines is 2. The van der Waals surface area contributed by atoms with Crippen molar-refractivity contribution in [3.8, 4) is 11.3 Å². The summed E-state index contributed by atoms with van der Waals surface area (Å²) in [5, 5.41) is 4.98. The van der Waals surface area contributed by atoms with Crippen LogP contribution in [0.3, 0.4) is 0 Å². The molecule has 0 aliphatic rings. The van der Waals surface area contributed by atoms with E-state index in [1.165, 1.54) is 6.07 Å². The number of nitrogens with one attached hydrogen (secondary N) is 3. The summed E-state index contributed by atoms with van der Waals surface area (Å²) in [5.74, 6) is -0.525. The normalized spacial score (nSPS) is 11.1. The van der Waals surface area contributed by atoms with Crippen LogP contribution in [-0.2, 0) is 0 Å². The Morgan fingerprint density at radius 2 is 1.85 bits per heavy atom. The molecule has 4 aromatic rings. The Morgan fingerprint density at radius 1 is 1.07 bits per heavy atom. The number of hydrogen-bond acceptors (Lipinski definition) is 4. The second-order valence-corrected chi connectivity index (χ2v) is 5.84. The van der Waals surface area contributed by atoms with Gasteiger partial charge in [0.1, 0.15) is 5.69 Å². The predicted molar refractivity (Wildman–Crippen MR) is 104 cm³/mol. The Morgan fingerprint density at radius 3 is 2.70 bits per heavy atom. The number of aromatic nitrogens is 3. The highest BCUT2D eigenvalue weighted by molar-refractivity contribution is 6.00. The molecular formula is C20H15N5O2. The van der Waals surface area contributed by atoms with E-state index in [4.69, 9.17) is 0 Å². The molecule has 2 heterocycles. The minimum absolute atomic E-state index is 0.0879. The fourth-order valence-corrected chi connectivity index (χ4v) is 2.76. The first kappa shape index (κ1) is 16.5. The minimum Gasteiger partial charge on any atom is -0.361 e. The van der Waals surface area contributed by atoms with Crippen LogP contribution in [0.5, 0.6) is 0 Å². The average Bonchev–Trinajstić information content (AvgIpc) is 3.11. The van der Waals surface area contributed by atoms with Crippen LogP contribution in [0.15, 0.2) is 76.8 Å². The maximum Gasteiger partial charge on any atom is 0.346 e. The van der Waals surface area contributed by atoms with Gasteiger partial charge in [-0.25, -0.2) is 10.2 Å². The molecule has 0 bridgehead atoms. The fourth-order valence-electron chi connectivity index (χ4n) is 2.76. The van der Waals surface area contributed by atoms with E-state index in [1.807, 2.05) is 60.8 Å². The van der Waals surface area contributed by atoms with Crippen LogP contribution in [0.2, 0.25) is 0 Å². The molecule has 3 N–H and O–H groups in total. The molecule has 0 saturated heterocycles. The summed E-state index contributed by atoms with van der Waals surface area (Å²) >= 11 is 0. The summed E-state index contributed by atoms with van der Waals surface area (Å²) in [4.78, 5) is 33.6. The topological polar surface area (TPSA) is 103 Å². The number of hydrogen-bond donors (Lipinski definition) is 3. The zero-order chi connectivity index (χ0) is 18.6.